The van der Waals surface area contributed by atoms with Gasteiger partial charge in [0, 0.05) is 28.7 Å². The van der Waals surface area contributed by atoms with Crippen molar-refractivity contribution in [1.82, 2.24) is 10.3 Å². The zero-order chi connectivity index (χ0) is 27.9. The molecule has 3 aromatic carbocycles. The number of carbonyl (C=O) groups is 2. The molecule has 3 N–H and O–H groups in total. The molecule has 0 spiro atoms. The van der Waals surface area contributed by atoms with Gasteiger partial charge in [0.15, 0.2) is 5.13 Å². The number of nitrogens with one attached hydrogen (secondary N) is 1. The zero-order valence-electron chi connectivity index (χ0n) is 22.0. The van der Waals surface area contributed by atoms with E-state index in [1.54, 1.807) is 24.3 Å². The normalized spacial score (nSPS) is 12.9. The van der Waals surface area contributed by atoms with Gasteiger partial charge in [0.25, 0.3) is 5.91 Å². The van der Waals surface area contributed by atoms with Gasteiger partial charge in [-0.15, -0.1) is 11.3 Å². The SMILES string of the molecule is O=C(O)CCNC(=O)c1ccc(CN(c2ccc(C3=CCCCC3)cc2)c2nc(-c3ccccc3O)cs2)cc1. The molecule has 1 aliphatic rings. The van der Waals surface area contributed by atoms with Crippen LogP contribution < -0.4 is 10.2 Å². The number of carboxylic acid groups (broad SMARTS) is 1. The molecule has 5 rings (SSSR count). The van der Waals surface area contributed by atoms with Gasteiger partial charge in [0.2, 0.25) is 0 Å². The van der Waals surface area contributed by atoms with Gasteiger partial charge < -0.3 is 20.4 Å². The Bertz CT molecular complexity index is 1510. The Kier molecular flexibility index (Phi) is 8.56. The summed E-state index contributed by atoms with van der Waals surface area (Å²) >= 11 is 1.51. The van der Waals surface area contributed by atoms with Gasteiger partial charge in [-0.1, -0.05) is 42.5 Å². The van der Waals surface area contributed by atoms with Crippen LogP contribution >= 0.6 is 11.3 Å². The van der Waals surface area contributed by atoms with Crippen molar-refractivity contribution < 1.29 is 19.8 Å². The molecule has 1 aliphatic carbocycles. The van der Waals surface area contributed by atoms with Gasteiger partial charge >= 0.3 is 5.97 Å². The summed E-state index contributed by atoms with van der Waals surface area (Å²) < 4.78 is 0. The summed E-state index contributed by atoms with van der Waals surface area (Å²) in [7, 11) is 0. The highest BCUT2D eigenvalue weighted by atomic mass is 32.1. The van der Waals surface area contributed by atoms with Gasteiger partial charge in [-0.05, 0) is 78.8 Å². The van der Waals surface area contributed by atoms with Crippen molar-refractivity contribution in [3.8, 4) is 17.0 Å². The summed E-state index contributed by atoms with van der Waals surface area (Å²) in [5.41, 5.74) is 6.49. The molecule has 8 heteroatoms. The number of anilines is 2. The maximum Gasteiger partial charge on any atom is 0.305 e. The van der Waals surface area contributed by atoms with Gasteiger partial charge in [0.05, 0.1) is 18.7 Å². The number of hydrogen-bond donors (Lipinski definition) is 3. The van der Waals surface area contributed by atoms with Crippen LogP contribution in [0, 0.1) is 0 Å². The number of allylic oxidation sites excluding steroid dienone is 2. The van der Waals surface area contributed by atoms with Crippen molar-refractivity contribution in [1.29, 1.82) is 0 Å². The lowest BCUT2D eigenvalue weighted by Crippen LogP contribution is -2.26. The van der Waals surface area contributed by atoms with Gasteiger partial charge in [0.1, 0.15) is 5.75 Å². The third-order valence-electron chi connectivity index (χ3n) is 6.92. The third-order valence-corrected chi connectivity index (χ3v) is 7.79. The molecule has 204 valence electrons. The minimum absolute atomic E-state index is 0.0833. The smallest absolute Gasteiger partial charge is 0.305 e. The van der Waals surface area contributed by atoms with Crippen molar-refractivity contribution >= 4 is 39.6 Å². The summed E-state index contributed by atoms with van der Waals surface area (Å²) in [6.45, 7) is 0.608. The number of aromatic hydroxyl groups is 1. The first-order valence-electron chi connectivity index (χ1n) is 13.4. The molecule has 0 bridgehead atoms. The Morgan fingerprint density at radius 1 is 0.975 bits per heavy atom. The molecule has 4 aromatic rings. The maximum atomic E-state index is 12.4. The third kappa shape index (κ3) is 6.58. The number of para-hydroxylation sites is 1. The quantitative estimate of drug-likeness (QED) is 0.195. The highest BCUT2D eigenvalue weighted by Crippen LogP contribution is 2.37. The Morgan fingerprint density at radius 2 is 1.75 bits per heavy atom. The molecule has 7 nitrogen and oxygen atoms in total. The first-order chi connectivity index (χ1) is 19.5. The number of benzene rings is 3. The molecule has 0 unspecified atom stereocenters. The molecule has 0 saturated carbocycles. The zero-order valence-corrected chi connectivity index (χ0v) is 22.9. The fourth-order valence-electron chi connectivity index (χ4n) is 4.76. The number of nitrogens with zero attached hydrogens (tertiary/aromatic N) is 2. The molecule has 0 radical (unpaired) electrons. The molecule has 0 atom stereocenters. The number of rotatable bonds is 10. The van der Waals surface area contributed by atoms with Crippen LogP contribution in [-0.2, 0) is 11.3 Å². The van der Waals surface area contributed by atoms with Crippen LogP contribution in [0.1, 0.15) is 53.6 Å². The van der Waals surface area contributed by atoms with E-state index in [4.69, 9.17) is 10.1 Å². The molecular formula is C32H31N3O4S. The van der Waals surface area contributed by atoms with Crippen LogP contribution in [0.4, 0.5) is 10.8 Å². The predicted molar refractivity (Wildman–Crippen MR) is 159 cm³/mol. The minimum atomic E-state index is -0.952. The molecular weight excluding hydrogens is 522 g/mol. The number of amides is 1. The van der Waals surface area contributed by atoms with E-state index in [1.807, 2.05) is 29.6 Å². The number of aliphatic carboxylic acids is 1. The van der Waals surface area contributed by atoms with E-state index in [-0.39, 0.29) is 24.6 Å². The van der Waals surface area contributed by atoms with Crippen molar-refractivity contribution in [2.24, 2.45) is 0 Å². The minimum Gasteiger partial charge on any atom is -0.507 e. The first-order valence-corrected chi connectivity index (χ1v) is 14.3. The molecule has 0 saturated heterocycles. The Balaban J connectivity index is 1.40. The maximum absolute atomic E-state index is 12.4. The second-order valence-corrected chi connectivity index (χ2v) is 10.6. The average molecular weight is 554 g/mol. The summed E-state index contributed by atoms with van der Waals surface area (Å²) in [5, 5.41) is 24.5. The van der Waals surface area contributed by atoms with E-state index >= 15 is 0 Å². The first kappa shape index (κ1) is 27.1. The van der Waals surface area contributed by atoms with Crippen LogP contribution in [0.2, 0.25) is 0 Å². The largest absolute Gasteiger partial charge is 0.507 e. The molecule has 0 fully saturated rings. The number of hydrogen-bond acceptors (Lipinski definition) is 6. The number of carboxylic acids is 1. The van der Waals surface area contributed by atoms with Crippen LogP contribution in [0.25, 0.3) is 16.8 Å². The Morgan fingerprint density at radius 3 is 2.45 bits per heavy atom. The lowest BCUT2D eigenvalue weighted by Gasteiger charge is -2.23. The lowest BCUT2D eigenvalue weighted by molar-refractivity contribution is -0.136. The monoisotopic (exact) mass is 553 g/mol. The number of phenolic OH excluding ortho intramolecular Hbond substituents is 1. The van der Waals surface area contributed by atoms with E-state index in [0.29, 0.717) is 23.4 Å². The van der Waals surface area contributed by atoms with Crippen LogP contribution in [-0.4, -0.2) is 33.6 Å². The number of phenols is 1. The summed E-state index contributed by atoms with van der Waals surface area (Å²) in [4.78, 5) is 30.1. The highest BCUT2D eigenvalue weighted by molar-refractivity contribution is 7.14. The molecule has 1 amide bonds. The van der Waals surface area contributed by atoms with E-state index in [9.17, 15) is 14.7 Å². The fourth-order valence-corrected chi connectivity index (χ4v) is 5.60. The van der Waals surface area contributed by atoms with E-state index < -0.39 is 5.97 Å². The lowest BCUT2D eigenvalue weighted by atomic mass is 9.93. The van der Waals surface area contributed by atoms with Gasteiger partial charge in [-0.2, -0.15) is 0 Å². The highest BCUT2D eigenvalue weighted by Gasteiger charge is 2.18. The predicted octanol–water partition coefficient (Wildman–Crippen LogP) is 7.02. The van der Waals surface area contributed by atoms with Crippen LogP contribution in [0.3, 0.4) is 0 Å². The standard InChI is InChI=1S/C32H31N3O4S/c36-29-9-5-4-8-27(29)28-21-40-32(34-28)35(26-16-14-24(15-17-26)23-6-2-1-3-7-23)20-22-10-12-25(13-11-22)31(39)33-19-18-30(37)38/h4-6,8-17,21,36H,1-3,7,18-20H2,(H,33,39)(H,37,38). The van der Waals surface area contributed by atoms with Crippen molar-refractivity contribution in [3.63, 3.8) is 0 Å². The number of aromatic nitrogens is 1. The molecule has 40 heavy (non-hydrogen) atoms. The van der Waals surface area contributed by atoms with Crippen molar-refractivity contribution in [2.75, 3.05) is 11.4 Å². The van der Waals surface area contributed by atoms with Crippen molar-refractivity contribution in [2.45, 2.75) is 38.6 Å². The Labute approximate surface area is 237 Å². The van der Waals surface area contributed by atoms with Crippen LogP contribution in [0.15, 0.2) is 84.3 Å². The summed E-state index contributed by atoms with van der Waals surface area (Å²) in [6, 6.07) is 23.1. The van der Waals surface area contributed by atoms with Crippen LogP contribution in [0.5, 0.6) is 5.75 Å². The average Bonchev–Trinajstić information content (AvgIpc) is 3.46. The van der Waals surface area contributed by atoms with Gasteiger partial charge in [-0.25, -0.2) is 4.98 Å². The van der Waals surface area contributed by atoms with E-state index in [0.717, 1.165) is 29.2 Å². The molecule has 1 heterocycles. The molecule has 0 aliphatic heterocycles. The van der Waals surface area contributed by atoms with Crippen molar-refractivity contribution in [3.05, 3.63) is 101 Å². The second kappa shape index (κ2) is 12.6. The van der Waals surface area contributed by atoms with E-state index in [2.05, 4.69) is 40.6 Å². The molecule has 1 aromatic heterocycles. The number of carbonyl (C=O) groups excluding carboxylic acids is 1. The van der Waals surface area contributed by atoms with E-state index in [1.165, 1.54) is 35.3 Å². The second-order valence-electron chi connectivity index (χ2n) is 9.74. The number of thiazole rings is 1. The van der Waals surface area contributed by atoms with Gasteiger partial charge in [-0.3, -0.25) is 9.59 Å². The topological polar surface area (TPSA) is 103 Å². The fraction of sp³-hybridized carbons (Fsp3) is 0.219. The summed E-state index contributed by atoms with van der Waals surface area (Å²) in [5.74, 6) is -1.07. The summed E-state index contributed by atoms with van der Waals surface area (Å²) in [6.07, 6.45) is 6.93. The Hall–Kier alpha value is -4.43.